The van der Waals surface area contributed by atoms with Crippen molar-refractivity contribution < 1.29 is 15.0 Å². The van der Waals surface area contributed by atoms with Crippen LogP contribution in [-0.2, 0) is 0 Å². The van der Waals surface area contributed by atoms with E-state index in [-0.39, 0.29) is 0 Å². The molecule has 0 aromatic heterocycles. The summed E-state index contributed by atoms with van der Waals surface area (Å²) in [6.45, 7) is 0. The molecular formula is C8H12O3-2. The van der Waals surface area contributed by atoms with Crippen molar-refractivity contribution in [3.8, 4) is 0 Å². The van der Waals surface area contributed by atoms with Gasteiger partial charge in [0.25, 0.3) is 0 Å². The maximum atomic E-state index is 8.33. The molecule has 0 aromatic carbocycles. The Hall–Kier alpha value is -0.990. The maximum Gasteiger partial charge on any atom is -0.0351 e. The van der Waals surface area contributed by atoms with E-state index < -0.39 is 6.16 Å². The predicted octanol–water partition coefficient (Wildman–Crippen LogP) is 0.0597. The summed E-state index contributed by atoms with van der Waals surface area (Å²) in [6, 6.07) is 0. The van der Waals surface area contributed by atoms with E-state index in [1.54, 1.807) is 0 Å². The minimum absolute atomic E-state index is 1.32. The van der Waals surface area contributed by atoms with E-state index in [0.29, 0.717) is 0 Å². The van der Waals surface area contributed by atoms with Gasteiger partial charge in [-0.1, -0.05) is 18.6 Å². The minimum atomic E-state index is -2.33. The zero-order valence-corrected chi connectivity index (χ0v) is 6.41. The van der Waals surface area contributed by atoms with E-state index in [0.717, 1.165) is 0 Å². The molecule has 0 N–H and O–H groups in total. The number of carbonyl (C=O) groups excluding carboxylic acids is 1. The van der Waals surface area contributed by atoms with Crippen molar-refractivity contribution in [2.75, 3.05) is 0 Å². The van der Waals surface area contributed by atoms with Gasteiger partial charge < -0.3 is 15.0 Å². The van der Waals surface area contributed by atoms with Gasteiger partial charge >= 0.3 is 0 Å². The maximum absolute atomic E-state index is 8.33. The fourth-order valence-electron chi connectivity index (χ4n) is 0.937. The smallest absolute Gasteiger partial charge is 0.0351 e. The van der Waals surface area contributed by atoms with Crippen LogP contribution in [0.2, 0.25) is 0 Å². The Labute approximate surface area is 66.4 Å². The lowest BCUT2D eigenvalue weighted by Crippen LogP contribution is -2.37. The molecule has 11 heavy (non-hydrogen) atoms. The van der Waals surface area contributed by atoms with Crippen molar-refractivity contribution in [2.45, 2.75) is 32.1 Å². The van der Waals surface area contributed by atoms with Gasteiger partial charge in [0.05, 0.1) is 0 Å². The van der Waals surface area contributed by atoms with E-state index >= 15 is 0 Å². The zero-order valence-electron chi connectivity index (χ0n) is 6.41. The summed E-state index contributed by atoms with van der Waals surface area (Å²) >= 11 is 0. The molecule has 0 bridgehead atoms. The first kappa shape index (κ1) is 10.0. The Morgan fingerprint density at radius 1 is 1.00 bits per heavy atom. The third-order valence-electron chi connectivity index (χ3n) is 1.41. The van der Waals surface area contributed by atoms with E-state index in [1.807, 2.05) is 0 Å². The van der Waals surface area contributed by atoms with Crippen molar-refractivity contribution in [3.05, 3.63) is 12.2 Å². The Morgan fingerprint density at radius 3 is 1.73 bits per heavy atom. The van der Waals surface area contributed by atoms with Gasteiger partial charge in [0, 0.05) is 0 Å². The van der Waals surface area contributed by atoms with Gasteiger partial charge in [-0.2, -0.15) is 0 Å². The summed E-state index contributed by atoms with van der Waals surface area (Å²) in [7, 11) is 0. The number of carboxylic acid groups (broad SMARTS) is 2. The summed E-state index contributed by atoms with van der Waals surface area (Å²) in [4.78, 5) is 8.33. The molecule has 0 spiro atoms. The highest BCUT2D eigenvalue weighted by molar-refractivity contribution is 5.47. The lowest BCUT2D eigenvalue weighted by atomic mass is 10.2. The van der Waals surface area contributed by atoms with Crippen molar-refractivity contribution in [3.63, 3.8) is 0 Å². The van der Waals surface area contributed by atoms with Crippen LogP contribution in [0.25, 0.3) is 0 Å². The molecule has 0 fully saturated rings. The Bertz CT molecular complexity index is 117. The normalized spacial score (nSPS) is 16.0. The number of allylic oxidation sites excluding steroid dienone is 2. The van der Waals surface area contributed by atoms with Gasteiger partial charge in [0.15, 0.2) is 0 Å². The number of hydrogen-bond acceptors (Lipinski definition) is 3. The van der Waals surface area contributed by atoms with E-state index in [9.17, 15) is 0 Å². The molecule has 1 rings (SSSR count). The molecule has 3 nitrogen and oxygen atoms in total. The molecule has 3 heteroatoms. The molecular weight excluding hydrogens is 144 g/mol. The SMILES string of the molecule is C1=CCCCCC1.O=C([O-])[O-]. The Balaban J connectivity index is 0.000000218. The van der Waals surface area contributed by atoms with E-state index in [2.05, 4.69) is 12.2 Å². The van der Waals surface area contributed by atoms with Crippen LogP contribution in [0.1, 0.15) is 32.1 Å². The van der Waals surface area contributed by atoms with Crippen LogP contribution in [0.4, 0.5) is 4.79 Å². The van der Waals surface area contributed by atoms with Gasteiger partial charge in [-0.25, -0.2) is 0 Å². The van der Waals surface area contributed by atoms with Gasteiger partial charge in [-0.15, -0.1) is 0 Å². The van der Waals surface area contributed by atoms with Crippen LogP contribution in [0.3, 0.4) is 0 Å². The molecule has 0 heterocycles. The highest BCUT2D eigenvalue weighted by atomic mass is 16.6. The van der Waals surface area contributed by atoms with Gasteiger partial charge in [-0.3, -0.25) is 0 Å². The highest BCUT2D eigenvalue weighted by Crippen LogP contribution is 2.08. The minimum Gasteiger partial charge on any atom is -0.652 e. The summed E-state index contributed by atoms with van der Waals surface area (Å²) in [5.41, 5.74) is 0. The topological polar surface area (TPSA) is 63.2 Å². The molecule has 0 unspecified atom stereocenters. The average Bonchev–Trinajstić information content (AvgIpc) is 2.13. The molecule has 0 saturated carbocycles. The standard InChI is InChI=1S/C7H12.CH2O3/c1-2-4-6-7-5-3-1;2-1(3)4/h1-2H,3-7H2;(H2,2,3,4)/p-2. The molecule has 1 aliphatic rings. The first-order chi connectivity index (χ1) is 5.23. The van der Waals surface area contributed by atoms with Gasteiger partial charge in [0.1, 0.15) is 0 Å². The second kappa shape index (κ2) is 7.12. The summed E-state index contributed by atoms with van der Waals surface area (Å²) in [5.74, 6) is 0. The second-order valence-electron chi connectivity index (χ2n) is 2.36. The monoisotopic (exact) mass is 156 g/mol. The second-order valence-corrected chi connectivity index (χ2v) is 2.36. The van der Waals surface area contributed by atoms with Crippen LogP contribution in [-0.4, -0.2) is 6.16 Å². The van der Waals surface area contributed by atoms with Crippen molar-refractivity contribution in [1.29, 1.82) is 0 Å². The third kappa shape index (κ3) is 12.3. The lowest BCUT2D eigenvalue weighted by molar-refractivity contribution is -0.415. The van der Waals surface area contributed by atoms with Gasteiger partial charge in [-0.05, 0) is 31.8 Å². The Morgan fingerprint density at radius 2 is 1.36 bits per heavy atom. The van der Waals surface area contributed by atoms with Crippen LogP contribution < -0.4 is 10.2 Å². The average molecular weight is 156 g/mol. The highest BCUT2D eigenvalue weighted by Gasteiger charge is 1.88. The molecule has 64 valence electrons. The number of carbonyl (C=O) groups is 1. The summed E-state index contributed by atoms with van der Waals surface area (Å²) < 4.78 is 0. The quantitative estimate of drug-likeness (QED) is 0.466. The number of rotatable bonds is 0. The van der Waals surface area contributed by atoms with E-state index in [4.69, 9.17) is 15.0 Å². The van der Waals surface area contributed by atoms with Crippen molar-refractivity contribution in [2.24, 2.45) is 0 Å². The zero-order chi connectivity index (χ0) is 8.53. The molecule has 0 saturated heterocycles. The molecule has 0 radical (unpaired) electrons. The first-order valence-electron chi connectivity index (χ1n) is 3.76. The summed E-state index contributed by atoms with van der Waals surface area (Å²) in [5, 5.41) is 16.7. The lowest BCUT2D eigenvalue weighted by Gasteiger charge is -1.96. The van der Waals surface area contributed by atoms with E-state index in [1.165, 1.54) is 32.1 Å². The molecule has 1 aliphatic carbocycles. The molecule has 0 aromatic rings. The number of hydrogen-bond donors (Lipinski definition) is 0. The van der Waals surface area contributed by atoms with Crippen LogP contribution >= 0.6 is 0 Å². The predicted molar refractivity (Wildman–Crippen MR) is 37.6 cm³/mol. The van der Waals surface area contributed by atoms with Crippen molar-refractivity contribution >= 4 is 6.16 Å². The van der Waals surface area contributed by atoms with Crippen LogP contribution in [0, 0.1) is 0 Å². The molecule has 0 atom stereocenters. The molecule has 0 aliphatic heterocycles. The van der Waals surface area contributed by atoms with Crippen LogP contribution in [0.5, 0.6) is 0 Å². The Kier molecular flexibility index (Phi) is 6.48. The third-order valence-corrected chi connectivity index (χ3v) is 1.41. The van der Waals surface area contributed by atoms with Crippen LogP contribution in [0.15, 0.2) is 12.2 Å². The van der Waals surface area contributed by atoms with Gasteiger partial charge in [0.2, 0.25) is 0 Å². The fourth-order valence-corrected chi connectivity index (χ4v) is 0.937. The van der Waals surface area contributed by atoms with Crippen molar-refractivity contribution in [1.82, 2.24) is 0 Å². The largest absolute Gasteiger partial charge is 0.652 e. The first-order valence-corrected chi connectivity index (χ1v) is 3.76. The molecule has 0 amide bonds. The fraction of sp³-hybridized carbons (Fsp3) is 0.625. The summed E-state index contributed by atoms with van der Waals surface area (Å²) in [6.07, 6.45) is 9.17.